The quantitative estimate of drug-likeness (QED) is 0.279. The minimum Gasteiger partial charge on any atom is -0.508 e. The van der Waals surface area contributed by atoms with E-state index in [4.69, 9.17) is 0 Å². The third-order valence-corrected chi connectivity index (χ3v) is 8.88. The van der Waals surface area contributed by atoms with Crippen LogP contribution in [0.2, 0.25) is 0 Å². The first-order valence-corrected chi connectivity index (χ1v) is 15.5. The van der Waals surface area contributed by atoms with Crippen LogP contribution in [-0.2, 0) is 22.6 Å². The molecule has 4 atom stereocenters. The van der Waals surface area contributed by atoms with Crippen LogP contribution < -0.4 is 5.32 Å². The van der Waals surface area contributed by atoms with Gasteiger partial charge in [0.1, 0.15) is 18.0 Å². The highest BCUT2D eigenvalue weighted by Crippen LogP contribution is 2.34. The van der Waals surface area contributed by atoms with E-state index in [1.54, 1.807) is 56.4 Å². The minimum absolute atomic E-state index is 0.0883. The summed E-state index contributed by atoms with van der Waals surface area (Å²) >= 11 is 0. The lowest BCUT2D eigenvalue weighted by Gasteiger charge is -2.58. The first-order valence-electron chi connectivity index (χ1n) is 15.5. The molecular formula is C36H38N6O4. The van der Waals surface area contributed by atoms with Crippen molar-refractivity contribution in [1.29, 1.82) is 0 Å². The Morgan fingerprint density at radius 1 is 1.04 bits per heavy atom. The van der Waals surface area contributed by atoms with Crippen LogP contribution in [0.1, 0.15) is 36.6 Å². The van der Waals surface area contributed by atoms with Crippen molar-refractivity contribution in [3.63, 3.8) is 0 Å². The summed E-state index contributed by atoms with van der Waals surface area (Å²) in [6, 6.07) is 23.9. The van der Waals surface area contributed by atoms with Crippen molar-refractivity contribution in [2.75, 3.05) is 13.1 Å². The Labute approximate surface area is 268 Å². The highest BCUT2D eigenvalue weighted by Gasteiger charge is 2.54. The Balaban J connectivity index is 1.42. The molecule has 2 aliphatic rings. The number of pyridine rings is 1. The van der Waals surface area contributed by atoms with E-state index in [9.17, 15) is 19.5 Å². The number of hydrogen-bond donors (Lipinski definition) is 2. The van der Waals surface area contributed by atoms with Crippen molar-refractivity contribution in [1.82, 2.24) is 30.1 Å². The Hall–Kier alpha value is -5.22. The fourth-order valence-electron chi connectivity index (χ4n) is 6.58. The second kappa shape index (κ2) is 13.0. The van der Waals surface area contributed by atoms with Gasteiger partial charge in [-0.3, -0.25) is 14.6 Å². The molecule has 2 N–H and O–H groups in total. The molecule has 46 heavy (non-hydrogen) atoms. The number of carbonyl (C=O) groups excluding carboxylic acids is 3. The van der Waals surface area contributed by atoms with Gasteiger partial charge < -0.3 is 20.2 Å². The zero-order valence-electron chi connectivity index (χ0n) is 26.0. The predicted molar refractivity (Wildman–Crippen MR) is 175 cm³/mol. The molecule has 1 unspecified atom stereocenters. The van der Waals surface area contributed by atoms with Gasteiger partial charge >= 0.3 is 6.03 Å². The molecule has 2 aliphatic heterocycles. The number of piperazine rings is 1. The summed E-state index contributed by atoms with van der Waals surface area (Å²) in [6.45, 7) is 8.10. The van der Waals surface area contributed by atoms with Crippen LogP contribution >= 0.6 is 0 Å². The molecule has 10 heteroatoms. The summed E-state index contributed by atoms with van der Waals surface area (Å²) in [5, 5.41) is 17.3. The molecule has 0 spiro atoms. The topological polar surface area (TPSA) is 109 Å². The van der Waals surface area contributed by atoms with Crippen molar-refractivity contribution in [2.24, 2.45) is 0 Å². The van der Waals surface area contributed by atoms with Gasteiger partial charge in [-0.05, 0) is 48.7 Å². The number of hydrogen-bond acceptors (Lipinski definition) is 6. The second-order valence-corrected chi connectivity index (χ2v) is 11.9. The molecule has 10 nitrogen and oxygen atoms in total. The zero-order valence-corrected chi connectivity index (χ0v) is 26.0. The number of rotatable bonds is 8. The van der Waals surface area contributed by atoms with Crippen molar-refractivity contribution in [3.8, 4) is 5.75 Å². The molecule has 4 aromatic rings. The van der Waals surface area contributed by atoms with Crippen LogP contribution in [0.15, 0.2) is 104 Å². The van der Waals surface area contributed by atoms with E-state index in [2.05, 4.69) is 16.9 Å². The lowest BCUT2D eigenvalue weighted by atomic mass is 9.94. The second-order valence-electron chi connectivity index (χ2n) is 11.9. The van der Waals surface area contributed by atoms with E-state index in [1.165, 1.54) is 0 Å². The van der Waals surface area contributed by atoms with Gasteiger partial charge in [0.2, 0.25) is 11.8 Å². The fraction of sp³-hybridized carbons (Fsp3) is 0.278. The Morgan fingerprint density at radius 2 is 1.78 bits per heavy atom. The molecule has 4 amide bonds. The predicted octanol–water partition coefficient (Wildman–Crippen LogP) is 4.63. The van der Waals surface area contributed by atoms with Crippen molar-refractivity contribution < 1.29 is 19.5 Å². The first kappa shape index (κ1) is 30.8. The van der Waals surface area contributed by atoms with E-state index in [0.29, 0.717) is 0 Å². The standard InChI is InChI=1S/C36H38N6O4/c1-4-20-39-23-32(44)41-31(21-26-15-17-30(43)18-16-26)35(45)40(22-29-13-8-12-28-14-9-19-37-33(28)29)25(3)34(41)42(39)36(46)38-24(2)27-10-6-5-7-11-27/h4-19,24-25,31,34,43H,1,20-23H2,2-3H3,(H,38,46)/t24?,25-,31-,34+/m0/s1. The molecule has 0 radical (unpaired) electrons. The molecule has 236 valence electrons. The Bertz CT molecular complexity index is 1740. The molecule has 0 aliphatic carbocycles. The van der Waals surface area contributed by atoms with Crippen LogP contribution in [0.4, 0.5) is 4.79 Å². The SMILES string of the molecule is C=CCN1CC(=O)N2[C@@H]([C@H](C)N(Cc3cccc4cccnc34)C(=O)[C@@H]2Cc2ccc(O)cc2)N1C(=O)NC(C)c1ccccc1. The van der Waals surface area contributed by atoms with Crippen LogP contribution in [-0.4, -0.2) is 79.1 Å². The molecule has 2 fully saturated rings. The number of hydrazine groups is 1. The maximum absolute atomic E-state index is 14.5. The third-order valence-electron chi connectivity index (χ3n) is 8.88. The lowest BCUT2D eigenvalue weighted by Crippen LogP contribution is -2.79. The van der Waals surface area contributed by atoms with Crippen LogP contribution in [0.3, 0.4) is 0 Å². The number of aromatic nitrogens is 1. The smallest absolute Gasteiger partial charge is 0.334 e. The van der Waals surface area contributed by atoms with Gasteiger partial charge in [0, 0.05) is 31.1 Å². The molecule has 2 saturated heterocycles. The van der Waals surface area contributed by atoms with E-state index in [0.717, 1.165) is 27.6 Å². The van der Waals surface area contributed by atoms with Crippen molar-refractivity contribution >= 4 is 28.7 Å². The number of para-hydroxylation sites is 1. The van der Waals surface area contributed by atoms with Gasteiger partial charge in [0.25, 0.3) is 0 Å². The number of nitrogens with one attached hydrogen (secondary N) is 1. The van der Waals surface area contributed by atoms with Gasteiger partial charge in [-0.2, -0.15) is 0 Å². The van der Waals surface area contributed by atoms with Gasteiger partial charge in [0.15, 0.2) is 0 Å². The first-order chi connectivity index (χ1) is 22.3. The lowest BCUT2D eigenvalue weighted by molar-refractivity contribution is -0.198. The Kier molecular flexibility index (Phi) is 8.72. The molecular weight excluding hydrogens is 580 g/mol. The normalized spacial score (nSPS) is 20.8. The molecule has 0 saturated carbocycles. The number of carbonyl (C=O) groups is 3. The van der Waals surface area contributed by atoms with Gasteiger partial charge in [-0.15, -0.1) is 6.58 Å². The van der Waals surface area contributed by atoms with Crippen LogP contribution in [0.25, 0.3) is 10.9 Å². The van der Waals surface area contributed by atoms with Crippen LogP contribution in [0.5, 0.6) is 5.75 Å². The maximum atomic E-state index is 14.5. The van der Waals surface area contributed by atoms with E-state index in [-0.39, 0.29) is 55.7 Å². The zero-order chi connectivity index (χ0) is 32.4. The average molecular weight is 619 g/mol. The van der Waals surface area contributed by atoms with Gasteiger partial charge in [-0.1, -0.05) is 72.8 Å². The van der Waals surface area contributed by atoms with Gasteiger partial charge in [-0.25, -0.2) is 14.8 Å². The van der Waals surface area contributed by atoms with Gasteiger partial charge in [0.05, 0.1) is 24.1 Å². The van der Waals surface area contributed by atoms with Crippen molar-refractivity contribution in [3.05, 3.63) is 120 Å². The summed E-state index contributed by atoms with van der Waals surface area (Å²) in [5.41, 5.74) is 3.39. The summed E-state index contributed by atoms with van der Waals surface area (Å²) in [5.74, 6) is -0.351. The fourth-order valence-corrected chi connectivity index (χ4v) is 6.58. The Morgan fingerprint density at radius 3 is 2.52 bits per heavy atom. The molecule has 0 bridgehead atoms. The number of phenolic OH excluding ortho intramolecular Hbond substituents is 1. The van der Waals surface area contributed by atoms with Crippen LogP contribution in [0, 0.1) is 0 Å². The number of phenols is 1. The minimum atomic E-state index is -0.881. The number of amides is 4. The largest absolute Gasteiger partial charge is 0.508 e. The maximum Gasteiger partial charge on any atom is 0.334 e. The molecule has 1 aromatic heterocycles. The number of aromatic hydroxyl groups is 1. The summed E-state index contributed by atoms with van der Waals surface area (Å²) in [7, 11) is 0. The van der Waals surface area contributed by atoms with E-state index < -0.39 is 18.2 Å². The summed E-state index contributed by atoms with van der Waals surface area (Å²) in [6.07, 6.45) is 2.81. The molecule has 3 aromatic carbocycles. The number of fused-ring (bicyclic) bond motifs is 2. The number of nitrogens with zero attached hydrogens (tertiary/aromatic N) is 5. The monoisotopic (exact) mass is 618 g/mol. The van der Waals surface area contributed by atoms with E-state index in [1.807, 2.05) is 74.5 Å². The highest BCUT2D eigenvalue weighted by atomic mass is 16.3. The number of urea groups is 1. The van der Waals surface area contributed by atoms with E-state index >= 15 is 0 Å². The molecule has 6 rings (SSSR count). The highest BCUT2D eigenvalue weighted by molar-refractivity contribution is 5.92. The van der Waals surface area contributed by atoms with Crippen molar-refractivity contribution in [2.45, 2.75) is 51.1 Å². The third kappa shape index (κ3) is 5.91. The summed E-state index contributed by atoms with van der Waals surface area (Å²) < 4.78 is 0. The number of benzene rings is 3. The average Bonchev–Trinajstić information content (AvgIpc) is 3.06. The summed E-state index contributed by atoms with van der Waals surface area (Å²) in [4.78, 5) is 50.7. The molecule has 3 heterocycles.